The minimum Gasteiger partial charge on any atom is -0.368 e. The van der Waals surface area contributed by atoms with Crippen molar-refractivity contribution in [3.8, 4) is 0 Å². The van der Waals surface area contributed by atoms with Crippen LogP contribution in [0.2, 0.25) is 0 Å². The second kappa shape index (κ2) is 7.63. The van der Waals surface area contributed by atoms with Gasteiger partial charge in [-0.05, 0) is 41.0 Å². The average molecular weight is 244 g/mol. The number of amides is 1. The normalized spacial score (nSPS) is 15.2. The first-order valence-corrected chi connectivity index (χ1v) is 6.20. The number of hydrogen-bond donors (Lipinski definition) is 2. The zero-order chi connectivity index (χ0) is 13.5. The van der Waals surface area contributed by atoms with Gasteiger partial charge < -0.3 is 20.9 Å². The topological polar surface area (TPSA) is 61.6 Å². The number of carbonyl (C=O) groups is 1. The fraction of sp³-hybridized carbons (Fsp3) is 0.917. The minimum atomic E-state index is -0.642. The zero-order valence-corrected chi connectivity index (χ0v) is 11.9. The van der Waals surface area contributed by atoms with E-state index in [1.165, 1.54) is 0 Å². The number of nitrogens with two attached hydrogens (primary N) is 1. The van der Waals surface area contributed by atoms with Crippen LogP contribution >= 0.6 is 0 Å². The fourth-order valence-corrected chi connectivity index (χ4v) is 1.61. The van der Waals surface area contributed by atoms with E-state index in [0.29, 0.717) is 6.54 Å². The third kappa shape index (κ3) is 6.61. The average Bonchev–Trinajstić information content (AvgIpc) is 2.23. The second-order valence-electron chi connectivity index (χ2n) is 5.16. The molecule has 0 saturated heterocycles. The van der Waals surface area contributed by atoms with Crippen molar-refractivity contribution in [1.29, 1.82) is 0 Å². The summed E-state index contributed by atoms with van der Waals surface area (Å²) in [5.74, 6) is -0.289. The molecule has 102 valence electrons. The lowest BCUT2D eigenvalue weighted by atomic mass is 10.0. The van der Waals surface area contributed by atoms with Crippen molar-refractivity contribution in [3.63, 3.8) is 0 Å². The number of nitrogens with one attached hydrogen (secondary N) is 1. The van der Waals surface area contributed by atoms with E-state index in [4.69, 9.17) is 5.73 Å². The molecule has 0 heterocycles. The molecule has 5 heteroatoms. The van der Waals surface area contributed by atoms with Gasteiger partial charge in [0, 0.05) is 19.6 Å². The Morgan fingerprint density at radius 3 is 2.29 bits per heavy atom. The van der Waals surface area contributed by atoms with Crippen LogP contribution in [0.15, 0.2) is 0 Å². The molecule has 0 fully saturated rings. The maximum atomic E-state index is 11.5. The molecule has 0 aliphatic heterocycles. The highest BCUT2D eigenvalue weighted by atomic mass is 16.1. The first-order valence-electron chi connectivity index (χ1n) is 6.20. The molecular weight excluding hydrogens is 216 g/mol. The Kier molecular flexibility index (Phi) is 7.34. The minimum absolute atomic E-state index is 0.289. The van der Waals surface area contributed by atoms with Gasteiger partial charge in [0.2, 0.25) is 5.91 Å². The van der Waals surface area contributed by atoms with Crippen molar-refractivity contribution in [2.24, 2.45) is 5.73 Å². The summed E-state index contributed by atoms with van der Waals surface area (Å²) in [4.78, 5) is 15.8. The van der Waals surface area contributed by atoms with Crippen molar-refractivity contribution in [3.05, 3.63) is 0 Å². The van der Waals surface area contributed by atoms with Gasteiger partial charge in [-0.3, -0.25) is 4.79 Å². The van der Waals surface area contributed by atoms with E-state index in [0.717, 1.165) is 26.1 Å². The van der Waals surface area contributed by atoms with Crippen LogP contribution in [0.25, 0.3) is 0 Å². The van der Waals surface area contributed by atoms with Crippen LogP contribution in [0.5, 0.6) is 0 Å². The molecule has 5 nitrogen and oxygen atoms in total. The van der Waals surface area contributed by atoms with Gasteiger partial charge in [-0.25, -0.2) is 0 Å². The summed E-state index contributed by atoms with van der Waals surface area (Å²) in [6.07, 6.45) is 0.990. The monoisotopic (exact) mass is 244 g/mol. The van der Waals surface area contributed by atoms with Crippen molar-refractivity contribution >= 4 is 5.91 Å². The molecule has 0 rings (SSSR count). The summed E-state index contributed by atoms with van der Waals surface area (Å²) in [6.45, 7) is 7.28. The largest absolute Gasteiger partial charge is 0.368 e. The molecule has 0 aliphatic rings. The van der Waals surface area contributed by atoms with Crippen LogP contribution in [0.4, 0.5) is 0 Å². The third-order valence-corrected chi connectivity index (χ3v) is 2.82. The molecule has 1 atom stereocenters. The van der Waals surface area contributed by atoms with Gasteiger partial charge in [-0.15, -0.1) is 0 Å². The van der Waals surface area contributed by atoms with Crippen LogP contribution in [0.1, 0.15) is 20.3 Å². The van der Waals surface area contributed by atoms with E-state index in [2.05, 4.69) is 22.0 Å². The van der Waals surface area contributed by atoms with Gasteiger partial charge in [-0.2, -0.15) is 0 Å². The summed E-state index contributed by atoms with van der Waals surface area (Å²) in [7, 11) is 6.09. The number of primary amides is 1. The highest BCUT2D eigenvalue weighted by Crippen LogP contribution is 2.05. The SMILES string of the molecule is CCCNC(C)(CN(C)CCN(C)C)C(N)=O. The Hall–Kier alpha value is -0.650. The van der Waals surface area contributed by atoms with Crippen molar-refractivity contribution in [2.75, 3.05) is 47.3 Å². The van der Waals surface area contributed by atoms with Crippen LogP contribution in [0, 0.1) is 0 Å². The predicted molar refractivity (Wildman–Crippen MR) is 71.9 cm³/mol. The lowest BCUT2D eigenvalue weighted by Crippen LogP contribution is -2.59. The van der Waals surface area contributed by atoms with E-state index < -0.39 is 5.54 Å². The Balaban J connectivity index is 4.28. The van der Waals surface area contributed by atoms with Gasteiger partial charge in [0.25, 0.3) is 0 Å². The molecule has 0 spiro atoms. The maximum Gasteiger partial charge on any atom is 0.238 e. The Labute approximate surface area is 105 Å². The van der Waals surface area contributed by atoms with Gasteiger partial charge in [0.15, 0.2) is 0 Å². The molecule has 0 aromatic heterocycles. The lowest BCUT2D eigenvalue weighted by Gasteiger charge is -2.32. The molecule has 0 bridgehead atoms. The molecule has 1 amide bonds. The second-order valence-corrected chi connectivity index (χ2v) is 5.16. The highest BCUT2D eigenvalue weighted by molar-refractivity contribution is 5.84. The molecule has 1 unspecified atom stereocenters. The molecule has 0 aromatic rings. The van der Waals surface area contributed by atoms with E-state index in [1.807, 2.05) is 28.1 Å². The highest BCUT2D eigenvalue weighted by Gasteiger charge is 2.31. The van der Waals surface area contributed by atoms with E-state index in [-0.39, 0.29) is 5.91 Å². The number of hydrogen-bond acceptors (Lipinski definition) is 4. The summed E-state index contributed by atoms with van der Waals surface area (Å²) < 4.78 is 0. The van der Waals surface area contributed by atoms with Gasteiger partial charge in [-0.1, -0.05) is 6.92 Å². The molecular formula is C12H28N4O. The quantitative estimate of drug-likeness (QED) is 0.586. The van der Waals surface area contributed by atoms with E-state index >= 15 is 0 Å². The van der Waals surface area contributed by atoms with Gasteiger partial charge in [0.05, 0.1) is 0 Å². The standard InChI is InChI=1S/C12H28N4O/c1-6-7-14-12(2,11(13)17)10-16(5)9-8-15(3)4/h14H,6-10H2,1-5H3,(H2,13,17). The summed E-state index contributed by atoms with van der Waals surface area (Å²) >= 11 is 0. The van der Waals surface area contributed by atoms with Crippen LogP contribution in [-0.2, 0) is 4.79 Å². The van der Waals surface area contributed by atoms with E-state index in [9.17, 15) is 4.79 Å². The van der Waals surface area contributed by atoms with Gasteiger partial charge in [0.1, 0.15) is 5.54 Å². The van der Waals surface area contributed by atoms with Crippen LogP contribution < -0.4 is 11.1 Å². The van der Waals surface area contributed by atoms with Crippen molar-refractivity contribution < 1.29 is 4.79 Å². The number of likely N-dealkylation sites (N-methyl/N-ethyl adjacent to an activating group) is 2. The zero-order valence-electron chi connectivity index (χ0n) is 11.9. The first-order chi connectivity index (χ1) is 7.81. The molecule has 0 aliphatic carbocycles. The molecule has 17 heavy (non-hydrogen) atoms. The van der Waals surface area contributed by atoms with Crippen molar-refractivity contribution in [2.45, 2.75) is 25.8 Å². The lowest BCUT2D eigenvalue weighted by molar-refractivity contribution is -0.124. The van der Waals surface area contributed by atoms with E-state index in [1.54, 1.807) is 0 Å². The van der Waals surface area contributed by atoms with Crippen LogP contribution in [0.3, 0.4) is 0 Å². The molecule has 3 N–H and O–H groups in total. The Morgan fingerprint density at radius 1 is 1.29 bits per heavy atom. The number of nitrogens with zero attached hydrogens (tertiary/aromatic N) is 2. The third-order valence-electron chi connectivity index (χ3n) is 2.82. The molecule has 0 aromatic carbocycles. The maximum absolute atomic E-state index is 11.5. The summed E-state index contributed by atoms with van der Waals surface area (Å²) in [5.41, 5.74) is 4.84. The smallest absolute Gasteiger partial charge is 0.238 e. The Bertz CT molecular complexity index is 233. The van der Waals surface area contributed by atoms with Crippen LogP contribution in [-0.4, -0.2) is 68.6 Å². The first kappa shape index (κ1) is 16.4. The molecule has 0 radical (unpaired) electrons. The fourth-order valence-electron chi connectivity index (χ4n) is 1.61. The predicted octanol–water partition coefficient (Wildman–Crippen LogP) is -0.277. The van der Waals surface area contributed by atoms with Crippen molar-refractivity contribution in [1.82, 2.24) is 15.1 Å². The summed E-state index contributed by atoms with van der Waals surface area (Å²) in [6, 6.07) is 0. The molecule has 0 saturated carbocycles. The number of carbonyl (C=O) groups excluding carboxylic acids is 1. The number of rotatable bonds is 9. The summed E-state index contributed by atoms with van der Waals surface area (Å²) in [5, 5.41) is 3.23. The Morgan fingerprint density at radius 2 is 1.88 bits per heavy atom. The van der Waals surface area contributed by atoms with Gasteiger partial charge >= 0.3 is 0 Å².